The first kappa shape index (κ1) is 17.4. The number of aromatic nitrogens is 1. The molecule has 1 heterocycles. The first-order chi connectivity index (χ1) is 11.5. The third-order valence-electron chi connectivity index (χ3n) is 3.24. The number of amides is 1. The smallest absolute Gasteiger partial charge is 0.258 e. The van der Waals surface area contributed by atoms with Crippen molar-refractivity contribution in [2.75, 3.05) is 5.32 Å². The lowest BCUT2D eigenvalue weighted by atomic mass is 10.1. The van der Waals surface area contributed by atoms with Crippen LogP contribution < -0.4 is 5.32 Å². The van der Waals surface area contributed by atoms with Crippen LogP contribution in [0.5, 0.6) is 0 Å². The maximum atomic E-state index is 12.3. The van der Waals surface area contributed by atoms with Gasteiger partial charge in [-0.05, 0) is 35.9 Å². The van der Waals surface area contributed by atoms with Crippen LogP contribution in [-0.4, -0.2) is 10.9 Å². The average Bonchev–Trinajstić information content (AvgIpc) is 2.99. The van der Waals surface area contributed by atoms with Crippen molar-refractivity contribution in [3.8, 4) is 0 Å². The van der Waals surface area contributed by atoms with Gasteiger partial charge in [-0.15, -0.1) is 11.3 Å². The van der Waals surface area contributed by atoms with Crippen LogP contribution in [-0.2, 0) is 6.42 Å². The van der Waals surface area contributed by atoms with Gasteiger partial charge in [-0.25, -0.2) is 4.98 Å². The van der Waals surface area contributed by atoms with E-state index in [2.05, 4.69) is 26.2 Å². The lowest BCUT2D eigenvalue weighted by molar-refractivity contribution is 0.102. The van der Waals surface area contributed by atoms with Crippen LogP contribution in [0.1, 0.15) is 20.8 Å². The van der Waals surface area contributed by atoms with Crippen molar-refractivity contribution in [2.45, 2.75) is 6.42 Å². The number of hydrogen-bond donors (Lipinski definition) is 1. The van der Waals surface area contributed by atoms with E-state index in [1.54, 1.807) is 24.4 Å². The maximum Gasteiger partial charge on any atom is 0.258 e. The number of nitrogens with zero attached hydrogens (tertiary/aromatic N) is 1. The molecule has 3 nitrogen and oxygen atoms in total. The molecule has 0 fully saturated rings. The molecule has 0 unspecified atom stereocenters. The van der Waals surface area contributed by atoms with E-state index < -0.39 is 0 Å². The number of rotatable bonds is 4. The summed E-state index contributed by atoms with van der Waals surface area (Å²) in [5.74, 6) is -0.284. The molecule has 2 aromatic carbocycles. The summed E-state index contributed by atoms with van der Waals surface area (Å²) >= 11 is 16.7. The molecule has 3 rings (SSSR count). The summed E-state index contributed by atoms with van der Waals surface area (Å²) in [6, 6.07) is 12.8. The van der Waals surface area contributed by atoms with Gasteiger partial charge in [0.1, 0.15) is 0 Å². The van der Waals surface area contributed by atoms with Gasteiger partial charge in [0.2, 0.25) is 0 Å². The summed E-state index contributed by atoms with van der Waals surface area (Å²) in [5, 5.41) is 4.43. The fourth-order valence-corrected chi connectivity index (χ4v) is 3.62. The summed E-state index contributed by atoms with van der Waals surface area (Å²) in [7, 11) is 0. The van der Waals surface area contributed by atoms with E-state index in [4.69, 9.17) is 23.2 Å². The number of benzene rings is 2. The maximum absolute atomic E-state index is 12.3. The first-order valence-corrected chi connectivity index (χ1v) is 9.33. The molecular formula is C17H11BrCl2N2OS. The van der Waals surface area contributed by atoms with Crippen molar-refractivity contribution >= 4 is 61.5 Å². The van der Waals surface area contributed by atoms with E-state index in [9.17, 15) is 4.79 Å². The molecule has 0 saturated heterocycles. The van der Waals surface area contributed by atoms with Gasteiger partial charge in [-0.3, -0.25) is 10.1 Å². The Morgan fingerprint density at radius 2 is 1.92 bits per heavy atom. The third kappa shape index (κ3) is 4.36. The summed E-state index contributed by atoms with van der Waals surface area (Å²) in [6.45, 7) is 0. The van der Waals surface area contributed by atoms with E-state index >= 15 is 0 Å². The number of carbonyl (C=O) groups excluding carboxylic acids is 1. The van der Waals surface area contributed by atoms with E-state index in [0.29, 0.717) is 20.7 Å². The van der Waals surface area contributed by atoms with Crippen molar-refractivity contribution in [1.82, 2.24) is 4.98 Å². The predicted octanol–water partition coefficient (Wildman–Crippen LogP) is 6.06. The zero-order valence-corrected chi connectivity index (χ0v) is 16.1. The van der Waals surface area contributed by atoms with Crippen molar-refractivity contribution in [3.63, 3.8) is 0 Å². The lowest BCUT2D eigenvalue weighted by Crippen LogP contribution is -2.12. The second-order valence-electron chi connectivity index (χ2n) is 5.01. The quantitative estimate of drug-likeness (QED) is 0.534. The number of carbonyl (C=O) groups is 1. The second-order valence-corrected chi connectivity index (χ2v) is 7.89. The van der Waals surface area contributed by atoms with Gasteiger partial charge < -0.3 is 0 Å². The molecule has 0 bridgehead atoms. The minimum absolute atomic E-state index is 0.284. The summed E-state index contributed by atoms with van der Waals surface area (Å²) in [4.78, 5) is 17.6. The van der Waals surface area contributed by atoms with E-state index in [1.165, 1.54) is 11.3 Å². The number of hydrogen-bond acceptors (Lipinski definition) is 3. The molecule has 24 heavy (non-hydrogen) atoms. The topological polar surface area (TPSA) is 42.0 Å². The highest BCUT2D eigenvalue weighted by Gasteiger charge is 2.13. The van der Waals surface area contributed by atoms with Crippen LogP contribution in [0.15, 0.2) is 53.1 Å². The van der Waals surface area contributed by atoms with Crippen molar-refractivity contribution < 1.29 is 4.79 Å². The summed E-state index contributed by atoms with van der Waals surface area (Å²) in [6.07, 6.45) is 2.50. The zero-order chi connectivity index (χ0) is 17.1. The highest BCUT2D eigenvalue weighted by molar-refractivity contribution is 9.10. The minimum atomic E-state index is -0.284. The SMILES string of the molecule is O=C(Nc1ncc(Cc2ccc(Cl)cc2)s1)c1cc(Br)ccc1Cl. The Bertz CT molecular complexity index is 881. The highest BCUT2D eigenvalue weighted by atomic mass is 79.9. The summed E-state index contributed by atoms with van der Waals surface area (Å²) in [5.41, 5.74) is 1.54. The Hall–Kier alpha value is -1.40. The molecular weight excluding hydrogens is 431 g/mol. The molecule has 1 amide bonds. The van der Waals surface area contributed by atoms with Crippen LogP contribution in [0, 0.1) is 0 Å². The molecule has 0 radical (unpaired) electrons. The molecule has 1 aromatic heterocycles. The molecule has 0 aliphatic carbocycles. The Morgan fingerprint density at radius 3 is 2.67 bits per heavy atom. The highest BCUT2D eigenvalue weighted by Crippen LogP contribution is 2.25. The van der Waals surface area contributed by atoms with Gasteiger partial charge in [0.25, 0.3) is 5.91 Å². The van der Waals surface area contributed by atoms with Crippen LogP contribution in [0.25, 0.3) is 0 Å². The van der Waals surface area contributed by atoms with Gasteiger partial charge in [0, 0.05) is 27.0 Å². The van der Waals surface area contributed by atoms with Gasteiger partial charge in [0.15, 0.2) is 5.13 Å². The number of thiazole rings is 1. The Kier molecular flexibility index (Phi) is 5.56. The van der Waals surface area contributed by atoms with E-state index in [-0.39, 0.29) is 5.91 Å². The second kappa shape index (κ2) is 7.66. The minimum Gasteiger partial charge on any atom is -0.298 e. The summed E-state index contributed by atoms with van der Waals surface area (Å²) < 4.78 is 0.791. The molecule has 3 aromatic rings. The fourth-order valence-electron chi connectivity index (χ4n) is 2.09. The zero-order valence-electron chi connectivity index (χ0n) is 12.2. The number of nitrogens with one attached hydrogen (secondary N) is 1. The molecule has 0 spiro atoms. The number of halogens is 3. The molecule has 1 N–H and O–H groups in total. The Morgan fingerprint density at radius 1 is 1.17 bits per heavy atom. The molecule has 0 aliphatic rings. The first-order valence-electron chi connectivity index (χ1n) is 6.97. The molecule has 0 atom stereocenters. The van der Waals surface area contributed by atoms with Gasteiger partial charge >= 0.3 is 0 Å². The molecule has 0 aliphatic heterocycles. The molecule has 122 valence electrons. The average molecular weight is 442 g/mol. The van der Waals surface area contributed by atoms with E-state index in [1.807, 2.05) is 24.3 Å². The van der Waals surface area contributed by atoms with Crippen molar-refractivity contribution in [3.05, 3.63) is 79.2 Å². The van der Waals surface area contributed by atoms with Gasteiger partial charge in [-0.1, -0.05) is 51.3 Å². The van der Waals surface area contributed by atoms with Crippen LogP contribution in [0.2, 0.25) is 10.0 Å². The largest absolute Gasteiger partial charge is 0.298 e. The fraction of sp³-hybridized carbons (Fsp3) is 0.0588. The monoisotopic (exact) mass is 440 g/mol. The van der Waals surface area contributed by atoms with Crippen LogP contribution >= 0.6 is 50.5 Å². The van der Waals surface area contributed by atoms with Gasteiger partial charge in [0.05, 0.1) is 10.6 Å². The predicted molar refractivity (Wildman–Crippen MR) is 103 cm³/mol. The van der Waals surface area contributed by atoms with Gasteiger partial charge in [-0.2, -0.15) is 0 Å². The Balaban J connectivity index is 1.70. The van der Waals surface area contributed by atoms with Crippen LogP contribution in [0.4, 0.5) is 5.13 Å². The Labute approximate surface area is 161 Å². The van der Waals surface area contributed by atoms with Crippen molar-refractivity contribution in [1.29, 1.82) is 0 Å². The molecule has 0 saturated carbocycles. The molecule has 7 heteroatoms. The standard InChI is InChI=1S/C17H11BrCl2N2OS/c18-11-3-6-15(20)14(8-11)16(23)22-17-21-9-13(24-17)7-10-1-4-12(19)5-2-10/h1-6,8-9H,7H2,(H,21,22,23). The lowest BCUT2D eigenvalue weighted by Gasteiger charge is -2.04. The van der Waals surface area contributed by atoms with E-state index in [0.717, 1.165) is 21.3 Å². The van der Waals surface area contributed by atoms with Crippen molar-refractivity contribution in [2.24, 2.45) is 0 Å². The normalized spacial score (nSPS) is 10.6. The van der Waals surface area contributed by atoms with Crippen LogP contribution in [0.3, 0.4) is 0 Å². The number of anilines is 1. The third-order valence-corrected chi connectivity index (χ3v) is 5.23.